The van der Waals surface area contributed by atoms with Crippen LogP contribution < -0.4 is 10.6 Å². The molecular weight excluding hydrogens is 452 g/mol. The van der Waals surface area contributed by atoms with Crippen molar-refractivity contribution in [2.24, 2.45) is 5.92 Å². The molecule has 2 N–H and O–H groups in total. The molecule has 0 aromatic rings. The van der Waals surface area contributed by atoms with E-state index in [1.807, 2.05) is 34.6 Å². The molecule has 198 valence electrons. The molecule has 2 amide bonds. The van der Waals surface area contributed by atoms with E-state index in [4.69, 9.17) is 9.47 Å². The highest BCUT2D eigenvalue weighted by Crippen LogP contribution is 2.25. The van der Waals surface area contributed by atoms with Gasteiger partial charge in [0.2, 0.25) is 0 Å². The molecule has 2 heterocycles. The molecule has 0 aromatic carbocycles. The number of hydrogen-bond acceptors (Lipinski definition) is 8. The second-order valence-electron chi connectivity index (χ2n) is 10.3. The minimum Gasteiger partial charge on any atom is -0.445 e. The van der Waals surface area contributed by atoms with Crippen molar-refractivity contribution < 1.29 is 28.7 Å². The van der Waals surface area contributed by atoms with Gasteiger partial charge in [0.15, 0.2) is 11.6 Å². The molecule has 2 bridgehead atoms. The molecule has 0 aliphatic carbocycles. The van der Waals surface area contributed by atoms with Crippen LogP contribution in [-0.4, -0.2) is 97.1 Å². The maximum absolute atomic E-state index is 13.6. The van der Waals surface area contributed by atoms with Gasteiger partial charge in [0.1, 0.15) is 13.2 Å². The number of cyclic esters (lactones) is 2. The van der Waals surface area contributed by atoms with Crippen molar-refractivity contribution in [3.05, 3.63) is 12.2 Å². The van der Waals surface area contributed by atoms with Crippen molar-refractivity contribution in [2.75, 3.05) is 46.4 Å². The Balaban J connectivity index is 2.29. The summed E-state index contributed by atoms with van der Waals surface area (Å²) >= 11 is 0. The summed E-state index contributed by atoms with van der Waals surface area (Å²) in [5.41, 5.74) is -1.85. The largest absolute Gasteiger partial charge is 0.445 e. The average Bonchev–Trinajstić information content (AvgIpc) is 3.22. The quantitative estimate of drug-likeness (QED) is 0.571. The Morgan fingerprint density at radius 2 is 1.66 bits per heavy atom. The van der Waals surface area contributed by atoms with Crippen LogP contribution in [0.4, 0.5) is 9.59 Å². The van der Waals surface area contributed by atoms with Gasteiger partial charge in [0.25, 0.3) is 0 Å². The lowest BCUT2D eigenvalue weighted by molar-refractivity contribution is -0.129. The molecule has 0 radical (unpaired) electrons. The molecule has 0 saturated carbocycles. The molecule has 1 saturated heterocycles. The van der Waals surface area contributed by atoms with E-state index in [2.05, 4.69) is 10.6 Å². The monoisotopic (exact) mass is 494 g/mol. The summed E-state index contributed by atoms with van der Waals surface area (Å²) in [5, 5.41) is 6.62. The lowest BCUT2D eigenvalue weighted by atomic mass is 9.84. The second kappa shape index (κ2) is 12.5. The predicted molar refractivity (Wildman–Crippen MR) is 132 cm³/mol. The number of hydrogen-bond donors (Lipinski definition) is 2. The van der Waals surface area contributed by atoms with Gasteiger partial charge in [0, 0.05) is 38.6 Å². The topological polar surface area (TPSA) is 117 Å². The maximum Gasteiger partial charge on any atom is 0.410 e. The van der Waals surface area contributed by atoms with Crippen LogP contribution >= 0.6 is 0 Å². The normalized spacial score (nSPS) is 28.9. The first-order valence-corrected chi connectivity index (χ1v) is 12.4. The van der Waals surface area contributed by atoms with Gasteiger partial charge in [-0.1, -0.05) is 13.8 Å². The smallest absolute Gasteiger partial charge is 0.410 e. The Labute approximate surface area is 208 Å². The minimum atomic E-state index is -0.934. The summed E-state index contributed by atoms with van der Waals surface area (Å²) in [6, 6.07) is 0.0243. The average molecular weight is 495 g/mol. The van der Waals surface area contributed by atoms with Gasteiger partial charge in [-0.05, 0) is 52.2 Å². The van der Waals surface area contributed by atoms with E-state index in [0.29, 0.717) is 32.4 Å². The van der Waals surface area contributed by atoms with Crippen LogP contribution in [0.15, 0.2) is 12.2 Å². The number of carbonyl (C=O) groups is 4. The van der Waals surface area contributed by atoms with Gasteiger partial charge in [0.05, 0.1) is 17.6 Å². The zero-order chi connectivity index (χ0) is 26.2. The summed E-state index contributed by atoms with van der Waals surface area (Å²) in [5.74, 6) is -0.310. The number of nitrogens with one attached hydrogen (secondary N) is 2. The summed E-state index contributed by atoms with van der Waals surface area (Å²) in [6.45, 7) is 10.5. The number of ether oxygens (including phenoxy) is 2. The zero-order valence-corrected chi connectivity index (χ0v) is 22.0. The van der Waals surface area contributed by atoms with E-state index in [1.165, 1.54) is 9.80 Å². The number of rotatable bonds is 4. The molecule has 0 spiro atoms. The van der Waals surface area contributed by atoms with Gasteiger partial charge in [-0.3, -0.25) is 14.9 Å². The van der Waals surface area contributed by atoms with Crippen LogP contribution in [0.25, 0.3) is 0 Å². The highest BCUT2D eigenvalue weighted by Gasteiger charge is 2.47. The number of amides is 2. The van der Waals surface area contributed by atoms with Gasteiger partial charge in [-0.15, -0.1) is 0 Å². The Kier molecular flexibility index (Phi) is 10.3. The van der Waals surface area contributed by atoms with Gasteiger partial charge in [-0.25, -0.2) is 9.59 Å². The molecule has 2 atom stereocenters. The Morgan fingerprint density at radius 3 is 2.26 bits per heavy atom. The number of ketones is 2. The lowest BCUT2D eigenvalue weighted by Crippen LogP contribution is -2.61. The first kappa shape index (κ1) is 28.8. The molecule has 0 aromatic heterocycles. The van der Waals surface area contributed by atoms with E-state index in [0.717, 1.165) is 0 Å². The fourth-order valence-corrected chi connectivity index (χ4v) is 4.66. The van der Waals surface area contributed by atoms with Crippen LogP contribution in [0.1, 0.15) is 53.9 Å². The van der Waals surface area contributed by atoms with Crippen molar-refractivity contribution in [2.45, 2.75) is 71.0 Å². The third-order valence-corrected chi connectivity index (χ3v) is 6.59. The number of fused-ring (bicyclic) bond motifs is 2. The zero-order valence-electron chi connectivity index (χ0n) is 22.0. The molecule has 2 rings (SSSR count). The third-order valence-electron chi connectivity index (χ3n) is 6.59. The molecule has 10 heteroatoms. The van der Waals surface area contributed by atoms with Crippen molar-refractivity contribution in [1.29, 1.82) is 0 Å². The Hall–Kier alpha value is -2.46. The summed E-state index contributed by atoms with van der Waals surface area (Å²) < 4.78 is 10.5. The molecule has 10 nitrogen and oxygen atoms in total. The van der Waals surface area contributed by atoms with Crippen LogP contribution in [-0.2, 0) is 19.1 Å². The van der Waals surface area contributed by atoms with Crippen LogP contribution in [0.3, 0.4) is 0 Å². The highest BCUT2D eigenvalue weighted by molar-refractivity contribution is 5.94. The van der Waals surface area contributed by atoms with E-state index in [-0.39, 0.29) is 49.8 Å². The number of nitrogens with zero attached hydrogens (tertiary/aromatic N) is 2. The van der Waals surface area contributed by atoms with Crippen molar-refractivity contribution >= 4 is 23.8 Å². The summed E-state index contributed by atoms with van der Waals surface area (Å²) in [7, 11) is 1.64. The first-order valence-electron chi connectivity index (χ1n) is 12.4. The molecular formula is C25H42N4O6. The molecule has 2 aliphatic heterocycles. The third kappa shape index (κ3) is 7.76. The molecule has 1 fully saturated rings. The van der Waals surface area contributed by atoms with E-state index in [9.17, 15) is 19.2 Å². The van der Waals surface area contributed by atoms with E-state index in [1.54, 1.807) is 19.2 Å². The highest BCUT2D eigenvalue weighted by atomic mass is 16.6. The molecule has 0 unspecified atom stereocenters. The van der Waals surface area contributed by atoms with E-state index >= 15 is 0 Å². The Bertz CT molecular complexity index is 814. The van der Waals surface area contributed by atoms with Gasteiger partial charge >= 0.3 is 12.2 Å². The standard InChI is InChI=1S/C25H42N4O6/c1-18(2)21(31)24(5)10-9-12-28(6)22(32)34-14-7-8-15-35-23(33)29-13-11-25(17-29,27-19(3)4)20(30)16-26-24/h7-8,18-19,26-27H,9-17H2,1-6H3/b8-7+/t24-,25-/m1/s1. The first-order chi connectivity index (χ1) is 16.4. The van der Waals surface area contributed by atoms with Crippen LogP contribution in [0, 0.1) is 5.92 Å². The minimum absolute atomic E-state index is 0.00838. The van der Waals surface area contributed by atoms with Crippen molar-refractivity contribution in [1.82, 2.24) is 20.4 Å². The van der Waals surface area contributed by atoms with E-state index < -0.39 is 23.3 Å². The fourth-order valence-electron chi connectivity index (χ4n) is 4.66. The van der Waals surface area contributed by atoms with Crippen molar-refractivity contribution in [3.63, 3.8) is 0 Å². The maximum atomic E-state index is 13.6. The molecule has 2 aliphatic rings. The fraction of sp³-hybridized carbons (Fsp3) is 0.760. The lowest BCUT2D eigenvalue weighted by Gasteiger charge is -2.35. The summed E-state index contributed by atoms with van der Waals surface area (Å²) in [6.07, 6.45) is 3.74. The number of Topliss-reactive ketones (excluding diaryl/α,β-unsaturated/α-hetero) is 2. The van der Waals surface area contributed by atoms with Crippen LogP contribution in [0.2, 0.25) is 0 Å². The van der Waals surface area contributed by atoms with Crippen LogP contribution in [0.5, 0.6) is 0 Å². The Morgan fingerprint density at radius 1 is 1.03 bits per heavy atom. The molecule has 35 heavy (non-hydrogen) atoms. The van der Waals surface area contributed by atoms with Gasteiger partial charge < -0.3 is 24.6 Å². The van der Waals surface area contributed by atoms with Crippen molar-refractivity contribution in [3.8, 4) is 0 Å². The SMILES string of the molecule is CC(C)N[C@]12CCN(C1)C(=O)OC/C=C/COC(=O)N(C)CCC[C@](C)(C(=O)C(C)C)NCC2=O. The number of carbonyl (C=O) groups excluding carboxylic acids is 4. The summed E-state index contributed by atoms with van der Waals surface area (Å²) in [4.78, 5) is 54.5. The predicted octanol–water partition coefficient (Wildman–Crippen LogP) is 2.13. The van der Waals surface area contributed by atoms with Gasteiger partial charge in [-0.2, -0.15) is 0 Å². The second-order valence-corrected chi connectivity index (χ2v) is 10.3.